The Morgan fingerprint density at radius 3 is 1.51 bits per heavy atom. The first-order valence-electron chi connectivity index (χ1n) is 19.1. The molecule has 0 bridgehead atoms. The molecule has 10 rings (SSSR count). The summed E-state index contributed by atoms with van der Waals surface area (Å²) in [6.07, 6.45) is 0.775. The molecule has 8 aromatic carbocycles. The van der Waals surface area contributed by atoms with Crippen LogP contribution in [0.25, 0.3) is 33.4 Å². The van der Waals surface area contributed by atoms with Crippen molar-refractivity contribution < 1.29 is 0 Å². The highest BCUT2D eigenvalue weighted by Crippen LogP contribution is 2.58. The van der Waals surface area contributed by atoms with Gasteiger partial charge in [-0.2, -0.15) is 0 Å². The Morgan fingerprint density at radius 1 is 0.382 bits per heavy atom. The lowest BCUT2D eigenvalue weighted by Crippen LogP contribution is -2.28. The lowest BCUT2D eigenvalue weighted by Gasteiger charge is -2.34. The summed E-state index contributed by atoms with van der Waals surface area (Å²) in [5.41, 5.74) is 16.6. The van der Waals surface area contributed by atoms with Crippen LogP contribution in [0, 0.1) is 0 Å². The maximum Gasteiger partial charge on any atom is 0.155 e. The molecular weight excluding hydrogens is 665 g/mol. The SMILES string of the molecule is c1ccc(C2=NC(c3ccc(-c4ccc(-c5cccc6c5-c5ccccc5C6(c5ccccc5)c5ccccc5)cc4)cc3)=NC(c3ccccc3)C2)cc1. The largest absolute Gasteiger partial charge is 0.258 e. The van der Waals surface area contributed by atoms with Crippen LogP contribution >= 0.6 is 0 Å². The zero-order chi connectivity index (χ0) is 36.6. The molecule has 1 heterocycles. The normalized spacial score (nSPS) is 15.4. The van der Waals surface area contributed by atoms with Crippen molar-refractivity contribution in [2.45, 2.75) is 17.9 Å². The molecule has 55 heavy (non-hydrogen) atoms. The lowest BCUT2D eigenvalue weighted by atomic mass is 9.67. The van der Waals surface area contributed by atoms with E-state index in [2.05, 4.69) is 212 Å². The van der Waals surface area contributed by atoms with E-state index in [1.807, 2.05) is 0 Å². The summed E-state index contributed by atoms with van der Waals surface area (Å²) in [5.74, 6) is 0.779. The molecule has 260 valence electrons. The van der Waals surface area contributed by atoms with Crippen LogP contribution in [0.4, 0.5) is 0 Å². The van der Waals surface area contributed by atoms with Gasteiger partial charge >= 0.3 is 0 Å². The minimum atomic E-state index is -0.415. The second-order valence-corrected chi connectivity index (χ2v) is 14.4. The summed E-state index contributed by atoms with van der Waals surface area (Å²) in [4.78, 5) is 10.3. The van der Waals surface area contributed by atoms with Gasteiger partial charge in [0.25, 0.3) is 0 Å². The van der Waals surface area contributed by atoms with E-state index in [0.29, 0.717) is 0 Å². The van der Waals surface area contributed by atoms with Crippen molar-refractivity contribution in [1.29, 1.82) is 0 Å². The van der Waals surface area contributed by atoms with Gasteiger partial charge in [-0.25, -0.2) is 4.99 Å². The molecule has 1 aliphatic carbocycles. The van der Waals surface area contributed by atoms with Crippen molar-refractivity contribution in [3.63, 3.8) is 0 Å². The summed E-state index contributed by atoms with van der Waals surface area (Å²) in [6.45, 7) is 0. The topological polar surface area (TPSA) is 24.7 Å². The third kappa shape index (κ3) is 5.66. The molecule has 1 atom stereocenters. The van der Waals surface area contributed by atoms with Gasteiger partial charge in [0.15, 0.2) is 5.84 Å². The Balaban J connectivity index is 1.01. The van der Waals surface area contributed by atoms with Crippen LogP contribution in [0.15, 0.2) is 222 Å². The van der Waals surface area contributed by atoms with Crippen molar-refractivity contribution in [3.05, 3.63) is 251 Å². The first-order valence-corrected chi connectivity index (χ1v) is 19.1. The minimum Gasteiger partial charge on any atom is -0.258 e. The number of amidine groups is 1. The Morgan fingerprint density at radius 2 is 0.873 bits per heavy atom. The van der Waals surface area contributed by atoms with Gasteiger partial charge in [-0.05, 0) is 66.8 Å². The molecule has 0 fully saturated rings. The van der Waals surface area contributed by atoms with E-state index < -0.39 is 5.41 Å². The van der Waals surface area contributed by atoms with E-state index in [4.69, 9.17) is 9.98 Å². The van der Waals surface area contributed by atoms with E-state index in [1.165, 1.54) is 55.6 Å². The standard InChI is InChI=1S/C53H38N2/c1-5-16-40(17-6-1)49-36-50(41-18-7-2-8-19-41)55-52(54-49)42-34-30-38(31-35-42)37-28-32-39(33-29-37)45-25-15-27-48-51(45)46-24-13-14-26-47(46)53(48,43-20-9-3-10-21-43)44-22-11-4-12-23-44/h1-35,49H,36H2. The predicted molar refractivity (Wildman–Crippen MR) is 228 cm³/mol. The average Bonchev–Trinajstić information content (AvgIpc) is 3.59. The van der Waals surface area contributed by atoms with Gasteiger partial charge in [0.2, 0.25) is 0 Å². The van der Waals surface area contributed by atoms with Gasteiger partial charge in [-0.3, -0.25) is 4.99 Å². The first-order chi connectivity index (χ1) is 27.3. The van der Waals surface area contributed by atoms with Gasteiger partial charge in [-0.15, -0.1) is 0 Å². The van der Waals surface area contributed by atoms with Crippen molar-refractivity contribution in [3.8, 4) is 33.4 Å². The number of hydrogen-bond acceptors (Lipinski definition) is 2. The number of nitrogens with zero attached hydrogens (tertiary/aromatic N) is 2. The van der Waals surface area contributed by atoms with E-state index in [1.54, 1.807) is 0 Å². The summed E-state index contributed by atoms with van der Waals surface area (Å²) in [5, 5.41) is 0. The summed E-state index contributed by atoms with van der Waals surface area (Å²) >= 11 is 0. The highest BCUT2D eigenvalue weighted by Gasteiger charge is 2.46. The minimum absolute atomic E-state index is 0.0214. The van der Waals surface area contributed by atoms with Crippen LogP contribution < -0.4 is 0 Å². The molecule has 0 spiro atoms. The van der Waals surface area contributed by atoms with E-state index in [-0.39, 0.29) is 6.04 Å². The second kappa shape index (κ2) is 13.8. The molecule has 0 amide bonds. The molecule has 1 unspecified atom stereocenters. The molecular formula is C53H38N2. The van der Waals surface area contributed by atoms with Crippen LogP contribution in [-0.2, 0) is 5.41 Å². The molecule has 0 radical (unpaired) electrons. The molecule has 2 nitrogen and oxygen atoms in total. The van der Waals surface area contributed by atoms with Gasteiger partial charge < -0.3 is 0 Å². The molecule has 2 aliphatic rings. The van der Waals surface area contributed by atoms with E-state index in [0.717, 1.165) is 34.7 Å². The van der Waals surface area contributed by atoms with Crippen LogP contribution in [0.3, 0.4) is 0 Å². The van der Waals surface area contributed by atoms with E-state index in [9.17, 15) is 0 Å². The fraction of sp³-hybridized carbons (Fsp3) is 0.0566. The highest BCUT2D eigenvalue weighted by molar-refractivity contribution is 6.14. The van der Waals surface area contributed by atoms with Crippen molar-refractivity contribution in [2.24, 2.45) is 9.98 Å². The molecule has 8 aromatic rings. The maximum atomic E-state index is 5.17. The smallest absolute Gasteiger partial charge is 0.155 e. The monoisotopic (exact) mass is 702 g/mol. The number of aliphatic imine (C=N–C) groups is 2. The average molecular weight is 703 g/mol. The highest BCUT2D eigenvalue weighted by atomic mass is 15.0. The molecule has 0 saturated carbocycles. The third-order valence-electron chi connectivity index (χ3n) is 11.4. The zero-order valence-corrected chi connectivity index (χ0v) is 30.4. The molecule has 1 aliphatic heterocycles. The van der Waals surface area contributed by atoms with Crippen molar-refractivity contribution in [1.82, 2.24) is 0 Å². The zero-order valence-electron chi connectivity index (χ0n) is 30.4. The van der Waals surface area contributed by atoms with Gasteiger partial charge in [-0.1, -0.05) is 212 Å². The van der Waals surface area contributed by atoms with Crippen molar-refractivity contribution >= 4 is 11.5 Å². The second-order valence-electron chi connectivity index (χ2n) is 14.4. The van der Waals surface area contributed by atoms with Crippen LogP contribution in [-0.4, -0.2) is 11.5 Å². The Labute approximate surface area is 322 Å². The predicted octanol–water partition coefficient (Wildman–Crippen LogP) is 12.8. The first kappa shape index (κ1) is 32.7. The lowest BCUT2D eigenvalue weighted by molar-refractivity contribution is 0.753. The maximum absolute atomic E-state index is 5.17. The van der Waals surface area contributed by atoms with Crippen LogP contribution in [0.1, 0.15) is 51.4 Å². The molecule has 0 N–H and O–H groups in total. The summed E-state index contributed by atoms with van der Waals surface area (Å²) < 4.78 is 0. The fourth-order valence-electron chi connectivity index (χ4n) is 8.79. The van der Waals surface area contributed by atoms with Gasteiger partial charge in [0, 0.05) is 12.0 Å². The molecule has 0 saturated heterocycles. The quantitative estimate of drug-likeness (QED) is 0.158. The third-order valence-corrected chi connectivity index (χ3v) is 11.4. The molecule has 2 heteroatoms. The Bertz CT molecular complexity index is 2640. The van der Waals surface area contributed by atoms with Crippen LogP contribution in [0.5, 0.6) is 0 Å². The number of benzene rings is 8. The van der Waals surface area contributed by atoms with E-state index >= 15 is 0 Å². The number of hydrogen-bond donors (Lipinski definition) is 0. The summed E-state index contributed by atoms with van der Waals surface area (Å²) in [6, 6.07) is 76.6. The van der Waals surface area contributed by atoms with Crippen LogP contribution in [0.2, 0.25) is 0 Å². The Hall–Kier alpha value is -6.90. The number of rotatable bonds is 7. The fourth-order valence-corrected chi connectivity index (χ4v) is 8.79. The number of fused-ring (bicyclic) bond motifs is 3. The Kier molecular flexibility index (Phi) is 8.22. The van der Waals surface area contributed by atoms with Crippen molar-refractivity contribution in [2.75, 3.05) is 0 Å². The molecule has 0 aromatic heterocycles. The summed E-state index contributed by atoms with van der Waals surface area (Å²) in [7, 11) is 0. The van der Waals surface area contributed by atoms with Gasteiger partial charge in [0.05, 0.1) is 17.2 Å². The van der Waals surface area contributed by atoms with Gasteiger partial charge in [0.1, 0.15) is 0 Å².